The van der Waals surface area contributed by atoms with Gasteiger partial charge in [-0.05, 0) is 6.42 Å². The lowest BCUT2D eigenvalue weighted by molar-refractivity contribution is 0.523. The lowest BCUT2D eigenvalue weighted by Crippen LogP contribution is -1.89. The summed E-state index contributed by atoms with van der Waals surface area (Å²) in [6.07, 6.45) is 27.9. The summed E-state index contributed by atoms with van der Waals surface area (Å²) in [6.45, 7) is 4.63. The van der Waals surface area contributed by atoms with Gasteiger partial charge in [0.15, 0.2) is 0 Å². The molecule has 140 valence electrons. The molecule has 0 aliphatic heterocycles. The average molecular weight is 437 g/mol. The lowest BCUT2D eigenvalue weighted by Gasteiger charge is -2.04. The molecule has 0 aromatic rings. The molecule has 23 heavy (non-hydrogen) atoms. The Balaban J connectivity index is 2.95. The molecule has 0 spiro atoms. The zero-order valence-corrected chi connectivity index (χ0v) is 18.5. The standard InChI is InChI=1S/C22H45I/c1-3-4-5-6-7-8-9-10-11-12-13-14-15-16-17-18-19-20-21-22(2)23/h22H,3-21H2,1-2H3. The quantitative estimate of drug-likeness (QED) is 0.108. The molecule has 0 saturated heterocycles. The molecule has 0 amide bonds. The molecule has 0 aliphatic carbocycles. The third-order valence-corrected chi connectivity index (χ3v) is 5.58. The Bertz CT molecular complexity index is 200. The summed E-state index contributed by atoms with van der Waals surface area (Å²) in [4.78, 5) is 0. The van der Waals surface area contributed by atoms with Gasteiger partial charge in [0.25, 0.3) is 0 Å². The Labute approximate surface area is 162 Å². The molecule has 0 nitrogen and oxygen atoms in total. The minimum absolute atomic E-state index is 0.869. The van der Waals surface area contributed by atoms with Gasteiger partial charge in [0, 0.05) is 3.92 Å². The zero-order valence-electron chi connectivity index (χ0n) is 16.4. The SMILES string of the molecule is CCCCCCCCCCCCCCCCCCCCC(C)I. The Kier molecular flexibility index (Phi) is 21.4. The van der Waals surface area contributed by atoms with Crippen molar-refractivity contribution in [2.24, 2.45) is 0 Å². The van der Waals surface area contributed by atoms with Crippen molar-refractivity contribution in [1.29, 1.82) is 0 Å². The summed E-state index contributed by atoms with van der Waals surface area (Å²) in [6, 6.07) is 0. The lowest BCUT2D eigenvalue weighted by atomic mass is 10.0. The maximum Gasteiger partial charge on any atom is 0.00813 e. The molecule has 0 saturated carbocycles. The van der Waals surface area contributed by atoms with Crippen LogP contribution in [0.1, 0.15) is 136 Å². The van der Waals surface area contributed by atoms with Crippen molar-refractivity contribution in [1.82, 2.24) is 0 Å². The second-order valence-electron chi connectivity index (χ2n) is 7.58. The molecule has 1 atom stereocenters. The van der Waals surface area contributed by atoms with Gasteiger partial charge in [-0.3, -0.25) is 0 Å². The van der Waals surface area contributed by atoms with E-state index in [1.54, 1.807) is 0 Å². The van der Waals surface area contributed by atoms with Crippen LogP contribution < -0.4 is 0 Å². The van der Waals surface area contributed by atoms with Crippen LogP contribution in [0.4, 0.5) is 0 Å². The highest BCUT2D eigenvalue weighted by molar-refractivity contribution is 14.1. The fourth-order valence-corrected chi connectivity index (χ4v) is 3.77. The molecule has 0 radical (unpaired) electrons. The van der Waals surface area contributed by atoms with Gasteiger partial charge in [-0.1, -0.05) is 152 Å². The Morgan fingerprint density at radius 3 is 1.00 bits per heavy atom. The van der Waals surface area contributed by atoms with Crippen molar-refractivity contribution in [3.63, 3.8) is 0 Å². The number of alkyl halides is 1. The summed E-state index contributed by atoms with van der Waals surface area (Å²) in [7, 11) is 0. The summed E-state index contributed by atoms with van der Waals surface area (Å²) in [5, 5.41) is 0. The van der Waals surface area contributed by atoms with Crippen LogP contribution in [0.15, 0.2) is 0 Å². The highest BCUT2D eigenvalue weighted by atomic mass is 127. The Morgan fingerprint density at radius 2 is 0.739 bits per heavy atom. The third kappa shape index (κ3) is 22.7. The van der Waals surface area contributed by atoms with E-state index < -0.39 is 0 Å². The van der Waals surface area contributed by atoms with Crippen LogP contribution in [-0.4, -0.2) is 3.92 Å². The van der Waals surface area contributed by atoms with E-state index in [-0.39, 0.29) is 0 Å². The minimum Gasteiger partial charge on any atom is -0.0829 e. The van der Waals surface area contributed by atoms with Crippen LogP contribution in [0.3, 0.4) is 0 Å². The van der Waals surface area contributed by atoms with Crippen LogP contribution in [0.5, 0.6) is 0 Å². The Morgan fingerprint density at radius 1 is 0.478 bits per heavy atom. The number of hydrogen-bond acceptors (Lipinski definition) is 0. The molecule has 0 aliphatic rings. The Hall–Kier alpha value is 0.730. The fourth-order valence-electron chi connectivity index (χ4n) is 3.33. The molecule has 0 N–H and O–H groups in total. The topological polar surface area (TPSA) is 0 Å². The molecule has 0 bridgehead atoms. The van der Waals surface area contributed by atoms with Crippen molar-refractivity contribution in [3.8, 4) is 0 Å². The molecular formula is C22H45I. The van der Waals surface area contributed by atoms with Gasteiger partial charge < -0.3 is 0 Å². The number of halogens is 1. The van der Waals surface area contributed by atoms with E-state index in [1.165, 1.54) is 122 Å². The molecule has 0 fully saturated rings. The fraction of sp³-hybridized carbons (Fsp3) is 1.00. The van der Waals surface area contributed by atoms with Crippen molar-refractivity contribution < 1.29 is 0 Å². The zero-order chi connectivity index (χ0) is 17.0. The summed E-state index contributed by atoms with van der Waals surface area (Å²) in [5.74, 6) is 0. The predicted octanol–water partition coefficient (Wildman–Crippen LogP) is 9.24. The van der Waals surface area contributed by atoms with Crippen LogP contribution in [0.25, 0.3) is 0 Å². The maximum atomic E-state index is 2.55. The van der Waals surface area contributed by atoms with Gasteiger partial charge in [-0.15, -0.1) is 0 Å². The van der Waals surface area contributed by atoms with E-state index in [4.69, 9.17) is 0 Å². The average Bonchev–Trinajstić information content (AvgIpc) is 2.53. The van der Waals surface area contributed by atoms with Crippen molar-refractivity contribution in [2.75, 3.05) is 0 Å². The normalized spacial score (nSPS) is 12.7. The van der Waals surface area contributed by atoms with Crippen LogP contribution >= 0.6 is 22.6 Å². The second-order valence-corrected chi connectivity index (χ2v) is 9.71. The number of rotatable bonds is 19. The van der Waals surface area contributed by atoms with Gasteiger partial charge >= 0.3 is 0 Å². The van der Waals surface area contributed by atoms with Crippen molar-refractivity contribution in [2.45, 2.75) is 140 Å². The third-order valence-electron chi connectivity index (χ3n) is 4.96. The minimum atomic E-state index is 0.869. The number of unbranched alkanes of at least 4 members (excludes halogenated alkanes) is 17. The predicted molar refractivity (Wildman–Crippen MR) is 117 cm³/mol. The first kappa shape index (κ1) is 23.7. The molecule has 0 aromatic heterocycles. The molecule has 0 rings (SSSR count). The van der Waals surface area contributed by atoms with Gasteiger partial charge in [-0.25, -0.2) is 0 Å². The van der Waals surface area contributed by atoms with E-state index in [0.29, 0.717) is 0 Å². The molecular weight excluding hydrogens is 391 g/mol. The first-order valence-corrected chi connectivity index (χ1v) is 12.2. The smallest absolute Gasteiger partial charge is 0.00813 e. The van der Waals surface area contributed by atoms with Gasteiger partial charge in [0.2, 0.25) is 0 Å². The van der Waals surface area contributed by atoms with Crippen LogP contribution in [0.2, 0.25) is 0 Å². The summed E-state index contributed by atoms with van der Waals surface area (Å²) in [5.41, 5.74) is 0. The summed E-state index contributed by atoms with van der Waals surface area (Å²) < 4.78 is 0.869. The molecule has 0 heterocycles. The molecule has 0 aromatic carbocycles. The maximum absolute atomic E-state index is 2.55. The van der Waals surface area contributed by atoms with Gasteiger partial charge in [0.05, 0.1) is 0 Å². The monoisotopic (exact) mass is 436 g/mol. The van der Waals surface area contributed by atoms with Crippen molar-refractivity contribution >= 4 is 22.6 Å². The van der Waals surface area contributed by atoms with Crippen LogP contribution in [-0.2, 0) is 0 Å². The largest absolute Gasteiger partial charge is 0.0829 e. The van der Waals surface area contributed by atoms with Gasteiger partial charge in [0.1, 0.15) is 0 Å². The first-order valence-electron chi connectivity index (χ1n) is 10.9. The summed E-state index contributed by atoms with van der Waals surface area (Å²) >= 11 is 2.55. The van der Waals surface area contributed by atoms with E-state index in [9.17, 15) is 0 Å². The molecule has 1 unspecified atom stereocenters. The highest BCUT2D eigenvalue weighted by Crippen LogP contribution is 2.15. The highest BCUT2D eigenvalue weighted by Gasteiger charge is 1.96. The van der Waals surface area contributed by atoms with E-state index in [1.807, 2.05) is 0 Å². The van der Waals surface area contributed by atoms with E-state index >= 15 is 0 Å². The van der Waals surface area contributed by atoms with Crippen LogP contribution in [0, 0.1) is 0 Å². The molecule has 1 heteroatoms. The second kappa shape index (κ2) is 20.8. The van der Waals surface area contributed by atoms with E-state index in [2.05, 4.69) is 36.4 Å². The van der Waals surface area contributed by atoms with E-state index in [0.717, 1.165) is 3.92 Å². The first-order chi connectivity index (χ1) is 11.3. The number of hydrogen-bond donors (Lipinski definition) is 0. The van der Waals surface area contributed by atoms with Crippen molar-refractivity contribution in [3.05, 3.63) is 0 Å². The van der Waals surface area contributed by atoms with Gasteiger partial charge in [-0.2, -0.15) is 0 Å².